The Morgan fingerprint density at radius 1 is 1.20 bits per heavy atom. The Kier molecular flexibility index (Phi) is 4.27. The molecule has 0 amide bonds. The van der Waals surface area contributed by atoms with E-state index in [9.17, 15) is 4.21 Å². The number of hydrogen-bond acceptors (Lipinski definition) is 4. The molecule has 1 aliphatic carbocycles. The van der Waals surface area contributed by atoms with E-state index in [2.05, 4.69) is 0 Å². The molecule has 1 aromatic carbocycles. The predicted octanol–water partition coefficient (Wildman–Crippen LogP) is 2.15. The van der Waals surface area contributed by atoms with Crippen LogP contribution in [0.3, 0.4) is 0 Å². The van der Waals surface area contributed by atoms with Gasteiger partial charge in [0.25, 0.3) is 0 Å². The van der Waals surface area contributed by atoms with Crippen LogP contribution in [-0.2, 0) is 10.8 Å². The molecule has 1 saturated carbocycles. The summed E-state index contributed by atoms with van der Waals surface area (Å²) in [7, 11) is -0.825. The molecule has 5 heteroatoms. The minimum Gasteiger partial charge on any atom is -0.486 e. The van der Waals surface area contributed by atoms with Crippen molar-refractivity contribution in [2.45, 2.75) is 37.0 Å². The van der Waals surface area contributed by atoms with E-state index in [4.69, 9.17) is 15.2 Å². The smallest absolute Gasteiger partial charge is 0.161 e. The molecule has 1 heterocycles. The summed E-state index contributed by atoms with van der Waals surface area (Å²) in [5, 5.41) is 0.346. The fourth-order valence-corrected chi connectivity index (χ4v) is 4.53. The van der Waals surface area contributed by atoms with Crippen LogP contribution in [0, 0.1) is 0 Å². The zero-order valence-corrected chi connectivity index (χ0v) is 12.4. The van der Waals surface area contributed by atoms with Crippen molar-refractivity contribution in [2.24, 2.45) is 5.73 Å². The van der Waals surface area contributed by atoms with Crippen molar-refractivity contribution in [3.63, 3.8) is 0 Å². The van der Waals surface area contributed by atoms with Crippen molar-refractivity contribution < 1.29 is 13.7 Å². The van der Waals surface area contributed by atoms with Crippen molar-refractivity contribution in [2.75, 3.05) is 19.0 Å². The van der Waals surface area contributed by atoms with Gasteiger partial charge in [0.05, 0.1) is 0 Å². The third-order valence-electron chi connectivity index (χ3n) is 4.01. The van der Waals surface area contributed by atoms with Crippen molar-refractivity contribution in [3.8, 4) is 11.5 Å². The lowest BCUT2D eigenvalue weighted by Crippen LogP contribution is -2.24. The highest BCUT2D eigenvalue weighted by Crippen LogP contribution is 2.33. The average molecular weight is 295 g/mol. The molecular weight excluding hydrogens is 274 g/mol. The SMILES string of the molecule is NC(CS(=O)C1CCCC1)c1ccc2c(c1)OCCO2. The molecule has 110 valence electrons. The Hall–Kier alpha value is -1.07. The van der Waals surface area contributed by atoms with Crippen LogP contribution in [0.2, 0.25) is 0 Å². The number of hydrogen-bond donors (Lipinski definition) is 1. The molecule has 1 aliphatic heterocycles. The van der Waals surface area contributed by atoms with Gasteiger partial charge in [-0.3, -0.25) is 4.21 Å². The fraction of sp³-hybridized carbons (Fsp3) is 0.600. The van der Waals surface area contributed by atoms with Crippen LogP contribution in [0.15, 0.2) is 18.2 Å². The lowest BCUT2D eigenvalue weighted by atomic mass is 10.1. The van der Waals surface area contributed by atoms with Gasteiger partial charge < -0.3 is 15.2 Å². The highest BCUT2D eigenvalue weighted by molar-refractivity contribution is 7.85. The molecule has 0 aromatic heterocycles. The molecular formula is C15H21NO3S. The molecule has 0 saturated heterocycles. The van der Waals surface area contributed by atoms with Gasteiger partial charge in [-0.15, -0.1) is 0 Å². The molecule has 2 aliphatic rings. The lowest BCUT2D eigenvalue weighted by Gasteiger charge is -2.21. The molecule has 2 unspecified atom stereocenters. The third kappa shape index (κ3) is 2.99. The first-order chi connectivity index (χ1) is 9.74. The Labute approximate surface area is 122 Å². The highest BCUT2D eigenvalue weighted by atomic mass is 32.2. The first-order valence-electron chi connectivity index (χ1n) is 7.26. The van der Waals surface area contributed by atoms with Crippen LogP contribution in [0.25, 0.3) is 0 Å². The predicted molar refractivity (Wildman–Crippen MR) is 79.6 cm³/mol. The molecule has 1 aromatic rings. The third-order valence-corrected chi connectivity index (χ3v) is 5.91. The summed E-state index contributed by atoms with van der Waals surface area (Å²) in [5.74, 6) is 2.05. The molecule has 2 N–H and O–H groups in total. The number of nitrogens with two attached hydrogens (primary N) is 1. The lowest BCUT2D eigenvalue weighted by molar-refractivity contribution is 0.171. The molecule has 0 radical (unpaired) electrons. The van der Waals surface area contributed by atoms with Gasteiger partial charge >= 0.3 is 0 Å². The number of ether oxygens (including phenoxy) is 2. The van der Waals surface area contributed by atoms with E-state index in [1.807, 2.05) is 18.2 Å². The Bertz CT molecular complexity index is 500. The van der Waals surface area contributed by atoms with Crippen LogP contribution >= 0.6 is 0 Å². The summed E-state index contributed by atoms with van der Waals surface area (Å²) < 4.78 is 23.4. The summed E-state index contributed by atoms with van der Waals surface area (Å²) in [5.41, 5.74) is 7.18. The monoisotopic (exact) mass is 295 g/mol. The van der Waals surface area contributed by atoms with Crippen LogP contribution < -0.4 is 15.2 Å². The van der Waals surface area contributed by atoms with Gasteiger partial charge in [0.1, 0.15) is 13.2 Å². The van der Waals surface area contributed by atoms with Gasteiger partial charge in [-0.05, 0) is 30.5 Å². The van der Waals surface area contributed by atoms with Gasteiger partial charge in [-0.2, -0.15) is 0 Å². The zero-order valence-electron chi connectivity index (χ0n) is 11.5. The maximum Gasteiger partial charge on any atom is 0.161 e. The largest absolute Gasteiger partial charge is 0.486 e. The molecule has 4 nitrogen and oxygen atoms in total. The zero-order chi connectivity index (χ0) is 13.9. The standard InChI is InChI=1S/C15H21NO3S/c16-13(10-20(17)12-3-1-2-4-12)11-5-6-14-15(9-11)19-8-7-18-14/h5-6,9,12-13H,1-4,7-8,10,16H2. The van der Waals surface area contributed by atoms with Gasteiger partial charge in [0, 0.05) is 27.8 Å². The summed E-state index contributed by atoms with van der Waals surface area (Å²) in [6.07, 6.45) is 4.58. The minimum atomic E-state index is -0.825. The highest BCUT2D eigenvalue weighted by Gasteiger charge is 2.24. The van der Waals surface area contributed by atoms with Gasteiger partial charge in [0.15, 0.2) is 11.5 Å². The van der Waals surface area contributed by atoms with E-state index in [1.54, 1.807) is 0 Å². The molecule has 20 heavy (non-hydrogen) atoms. The van der Waals surface area contributed by atoms with Crippen LogP contribution in [0.5, 0.6) is 11.5 Å². The van der Waals surface area contributed by atoms with Gasteiger partial charge in [-0.1, -0.05) is 18.9 Å². The fourth-order valence-electron chi connectivity index (χ4n) is 2.85. The van der Waals surface area contributed by atoms with Crippen LogP contribution in [-0.4, -0.2) is 28.4 Å². The van der Waals surface area contributed by atoms with E-state index >= 15 is 0 Å². The quantitative estimate of drug-likeness (QED) is 0.924. The van der Waals surface area contributed by atoms with Crippen molar-refractivity contribution in [1.29, 1.82) is 0 Å². The van der Waals surface area contributed by atoms with E-state index in [1.165, 1.54) is 12.8 Å². The van der Waals surface area contributed by atoms with E-state index in [0.29, 0.717) is 24.2 Å². The van der Waals surface area contributed by atoms with Gasteiger partial charge in [0.2, 0.25) is 0 Å². The Balaban J connectivity index is 1.67. The maximum atomic E-state index is 12.3. The Morgan fingerprint density at radius 2 is 1.90 bits per heavy atom. The van der Waals surface area contributed by atoms with E-state index in [-0.39, 0.29) is 6.04 Å². The topological polar surface area (TPSA) is 61.6 Å². The molecule has 0 bridgehead atoms. The van der Waals surface area contributed by atoms with Crippen molar-refractivity contribution in [3.05, 3.63) is 23.8 Å². The number of fused-ring (bicyclic) bond motifs is 1. The average Bonchev–Trinajstić information content (AvgIpc) is 3.01. The molecule has 1 fully saturated rings. The van der Waals surface area contributed by atoms with Crippen LogP contribution in [0.4, 0.5) is 0 Å². The summed E-state index contributed by atoms with van der Waals surface area (Å²) in [6, 6.07) is 5.56. The first kappa shape index (κ1) is 13.9. The summed E-state index contributed by atoms with van der Waals surface area (Å²) in [4.78, 5) is 0. The second-order valence-corrected chi connectivity index (χ2v) is 7.22. The molecule has 3 rings (SSSR count). The van der Waals surface area contributed by atoms with E-state index in [0.717, 1.165) is 29.9 Å². The first-order valence-corrected chi connectivity index (χ1v) is 8.64. The molecule has 2 atom stereocenters. The number of benzene rings is 1. The second-order valence-electron chi connectivity index (χ2n) is 5.46. The maximum absolute atomic E-state index is 12.3. The Morgan fingerprint density at radius 3 is 2.65 bits per heavy atom. The normalized spacial score (nSPS) is 21.6. The summed E-state index contributed by atoms with van der Waals surface area (Å²) in [6.45, 7) is 1.16. The second kappa shape index (κ2) is 6.14. The summed E-state index contributed by atoms with van der Waals surface area (Å²) >= 11 is 0. The molecule has 0 spiro atoms. The van der Waals surface area contributed by atoms with Crippen molar-refractivity contribution >= 4 is 10.8 Å². The van der Waals surface area contributed by atoms with Crippen molar-refractivity contribution in [1.82, 2.24) is 0 Å². The van der Waals surface area contributed by atoms with Gasteiger partial charge in [-0.25, -0.2) is 0 Å². The van der Waals surface area contributed by atoms with E-state index < -0.39 is 10.8 Å². The minimum absolute atomic E-state index is 0.202. The van der Waals surface area contributed by atoms with Crippen LogP contribution in [0.1, 0.15) is 37.3 Å². The number of rotatable bonds is 4.